The van der Waals surface area contributed by atoms with Gasteiger partial charge in [0.05, 0.1) is 6.10 Å². The molecule has 1 aromatic rings. The van der Waals surface area contributed by atoms with E-state index in [4.69, 9.17) is 14.2 Å². The lowest BCUT2D eigenvalue weighted by molar-refractivity contribution is 0.172. The summed E-state index contributed by atoms with van der Waals surface area (Å²) in [6, 6.07) is 4.02. The van der Waals surface area contributed by atoms with Crippen molar-refractivity contribution >= 4 is 0 Å². The fraction of sp³-hybridized carbons (Fsp3) is 0.625. The van der Waals surface area contributed by atoms with Crippen molar-refractivity contribution in [1.82, 2.24) is 5.32 Å². The normalized spacial score (nSPS) is 18.9. The van der Waals surface area contributed by atoms with E-state index in [0.29, 0.717) is 12.9 Å². The maximum Gasteiger partial charge on any atom is 0.231 e. The molecule has 0 spiro atoms. The van der Waals surface area contributed by atoms with E-state index in [1.54, 1.807) is 0 Å². The smallest absolute Gasteiger partial charge is 0.231 e. The first-order chi connectivity index (χ1) is 9.86. The highest BCUT2D eigenvalue weighted by atomic mass is 16.7. The second-order valence-corrected chi connectivity index (χ2v) is 5.57. The molecule has 1 aromatic carbocycles. The van der Waals surface area contributed by atoms with Gasteiger partial charge in [-0.25, -0.2) is 0 Å². The Balaban J connectivity index is 1.79. The third-order valence-corrected chi connectivity index (χ3v) is 4.02. The van der Waals surface area contributed by atoms with Crippen molar-refractivity contribution in [1.29, 1.82) is 0 Å². The summed E-state index contributed by atoms with van der Waals surface area (Å²) in [6.45, 7) is 1.08. The summed E-state index contributed by atoms with van der Waals surface area (Å²) in [4.78, 5) is 0. The zero-order valence-corrected chi connectivity index (χ0v) is 12.1. The van der Waals surface area contributed by atoms with Crippen LogP contribution in [0.3, 0.4) is 0 Å². The minimum Gasteiger partial charge on any atom is -0.490 e. The van der Waals surface area contributed by atoms with Crippen molar-refractivity contribution in [2.45, 2.75) is 51.2 Å². The Morgan fingerprint density at radius 1 is 1.10 bits per heavy atom. The fourth-order valence-corrected chi connectivity index (χ4v) is 2.94. The minimum atomic E-state index is 0.307. The van der Waals surface area contributed by atoms with Crippen LogP contribution in [0, 0.1) is 0 Å². The summed E-state index contributed by atoms with van der Waals surface area (Å²) < 4.78 is 17.2. The third kappa shape index (κ3) is 3.01. The summed E-state index contributed by atoms with van der Waals surface area (Å²) in [5.74, 6) is 2.56. The largest absolute Gasteiger partial charge is 0.490 e. The van der Waals surface area contributed by atoms with Crippen LogP contribution >= 0.6 is 0 Å². The Bertz CT molecular complexity index is 453. The quantitative estimate of drug-likeness (QED) is 0.858. The molecule has 0 radical (unpaired) electrons. The number of hydrogen-bond donors (Lipinski definition) is 1. The summed E-state index contributed by atoms with van der Waals surface area (Å²) in [5, 5.41) is 3.19. The molecule has 110 valence electrons. The van der Waals surface area contributed by atoms with E-state index in [0.717, 1.165) is 42.2 Å². The Kier molecular flexibility index (Phi) is 4.31. The zero-order valence-electron chi connectivity index (χ0n) is 12.1. The Hall–Kier alpha value is -1.42. The van der Waals surface area contributed by atoms with Crippen molar-refractivity contribution in [2.24, 2.45) is 0 Å². The lowest BCUT2D eigenvalue weighted by atomic mass is 10.1. The number of ether oxygens (including phenoxy) is 3. The highest BCUT2D eigenvalue weighted by molar-refractivity contribution is 5.51. The van der Waals surface area contributed by atoms with Gasteiger partial charge in [0.1, 0.15) is 5.75 Å². The molecule has 3 rings (SSSR count). The number of hydrogen-bond acceptors (Lipinski definition) is 4. The standard InChI is InChI=1S/C16H23NO3/c1-17-10-12-8-15-16(19-11-18-15)9-14(12)20-13-6-4-2-3-5-7-13/h8-9,13,17H,2-7,10-11H2,1H3. The molecular weight excluding hydrogens is 254 g/mol. The molecule has 4 heteroatoms. The first-order valence-electron chi connectivity index (χ1n) is 7.60. The van der Waals surface area contributed by atoms with E-state index >= 15 is 0 Å². The molecule has 1 heterocycles. The van der Waals surface area contributed by atoms with Crippen molar-refractivity contribution in [3.8, 4) is 17.2 Å². The monoisotopic (exact) mass is 277 g/mol. The van der Waals surface area contributed by atoms with Crippen LogP contribution in [0.15, 0.2) is 12.1 Å². The van der Waals surface area contributed by atoms with Crippen LogP contribution in [0.5, 0.6) is 17.2 Å². The van der Waals surface area contributed by atoms with Gasteiger partial charge >= 0.3 is 0 Å². The SMILES string of the molecule is CNCc1cc2c(cc1OC1CCCCCC1)OCO2. The van der Waals surface area contributed by atoms with Gasteiger partial charge in [0, 0.05) is 18.2 Å². The number of rotatable bonds is 4. The summed E-state index contributed by atoms with van der Waals surface area (Å²) in [5.41, 5.74) is 1.14. The lowest BCUT2D eigenvalue weighted by Gasteiger charge is -2.20. The minimum absolute atomic E-state index is 0.307. The van der Waals surface area contributed by atoms with Crippen LogP contribution < -0.4 is 19.5 Å². The zero-order chi connectivity index (χ0) is 13.8. The van der Waals surface area contributed by atoms with Gasteiger partial charge in [-0.2, -0.15) is 0 Å². The Morgan fingerprint density at radius 2 is 1.80 bits per heavy atom. The molecule has 1 fully saturated rings. The molecule has 2 aliphatic rings. The van der Waals surface area contributed by atoms with Gasteiger partial charge in [-0.1, -0.05) is 12.8 Å². The van der Waals surface area contributed by atoms with E-state index in [1.165, 1.54) is 25.7 Å². The molecule has 0 amide bonds. The molecule has 1 aliphatic heterocycles. The first-order valence-corrected chi connectivity index (χ1v) is 7.60. The predicted molar refractivity (Wildman–Crippen MR) is 77.4 cm³/mol. The summed E-state index contributed by atoms with van der Waals surface area (Å²) in [6.07, 6.45) is 7.89. The van der Waals surface area contributed by atoms with Crippen LogP contribution in [0.2, 0.25) is 0 Å². The van der Waals surface area contributed by atoms with Crippen LogP contribution in [0.25, 0.3) is 0 Å². The van der Waals surface area contributed by atoms with Gasteiger partial charge in [-0.05, 0) is 38.8 Å². The Labute approximate surface area is 120 Å². The second-order valence-electron chi connectivity index (χ2n) is 5.57. The molecule has 0 bridgehead atoms. The topological polar surface area (TPSA) is 39.7 Å². The molecule has 0 unspecified atom stereocenters. The van der Waals surface area contributed by atoms with Gasteiger partial charge in [0.15, 0.2) is 11.5 Å². The van der Waals surface area contributed by atoms with E-state index in [9.17, 15) is 0 Å². The van der Waals surface area contributed by atoms with Crippen LogP contribution in [-0.2, 0) is 6.54 Å². The van der Waals surface area contributed by atoms with Gasteiger partial charge in [0.25, 0.3) is 0 Å². The van der Waals surface area contributed by atoms with E-state index < -0.39 is 0 Å². The Morgan fingerprint density at radius 3 is 2.50 bits per heavy atom. The van der Waals surface area contributed by atoms with Crippen molar-refractivity contribution in [3.05, 3.63) is 17.7 Å². The summed E-state index contributed by atoms with van der Waals surface area (Å²) >= 11 is 0. The molecule has 1 saturated carbocycles. The van der Waals surface area contributed by atoms with E-state index in [2.05, 4.69) is 5.32 Å². The lowest BCUT2D eigenvalue weighted by Crippen LogP contribution is -2.17. The van der Waals surface area contributed by atoms with Gasteiger partial charge < -0.3 is 19.5 Å². The van der Waals surface area contributed by atoms with Crippen molar-refractivity contribution in [3.63, 3.8) is 0 Å². The van der Waals surface area contributed by atoms with Crippen LogP contribution in [-0.4, -0.2) is 19.9 Å². The molecule has 0 aromatic heterocycles. The third-order valence-electron chi connectivity index (χ3n) is 4.02. The van der Waals surface area contributed by atoms with Gasteiger partial charge in [-0.15, -0.1) is 0 Å². The number of benzene rings is 1. The second kappa shape index (κ2) is 6.35. The highest BCUT2D eigenvalue weighted by Gasteiger charge is 2.20. The number of nitrogens with one attached hydrogen (secondary N) is 1. The maximum atomic E-state index is 6.27. The summed E-state index contributed by atoms with van der Waals surface area (Å²) in [7, 11) is 1.94. The van der Waals surface area contributed by atoms with Gasteiger partial charge in [0.2, 0.25) is 6.79 Å². The molecule has 4 nitrogen and oxygen atoms in total. The van der Waals surface area contributed by atoms with E-state index in [1.807, 2.05) is 19.2 Å². The average molecular weight is 277 g/mol. The molecule has 1 N–H and O–H groups in total. The van der Waals surface area contributed by atoms with Crippen LogP contribution in [0.1, 0.15) is 44.1 Å². The van der Waals surface area contributed by atoms with Crippen LogP contribution in [0.4, 0.5) is 0 Å². The molecule has 0 atom stereocenters. The molecular formula is C16H23NO3. The predicted octanol–water partition coefficient (Wildman–Crippen LogP) is 3.24. The first kappa shape index (κ1) is 13.6. The average Bonchev–Trinajstić information content (AvgIpc) is 2.74. The molecule has 0 saturated heterocycles. The highest BCUT2D eigenvalue weighted by Crippen LogP contribution is 2.39. The molecule has 1 aliphatic carbocycles. The maximum absolute atomic E-state index is 6.27. The molecule has 20 heavy (non-hydrogen) atoms. The van der Waals surface area contributed by atoms with E-state index in [-0.39, 0.29) is 0 Å². The fourth-order valence-electron chi connectivity index (χ4n) is 2.94. The van der Waals surface area contributed by atoms with Gasteiger partial charge in [-0.3, -0.25) is 0 Å². The van der Waals surface area contributed by atoms with Crippen molar-refractivity contribution in [2.75, 3.05) is 13.8 Å². The van der Waals surface area contributed by atoms with Crippen molar-refractivity contribution < 1.29 is 14.2 Å². The number of fused-ring (bicyclic) bond motifs is 1.